The first-order valence-corrected chi connectivity index (χ1v) is 6.71. The van der Waals surface area contributed by atoms with Crippen molar-refractivity contribution in [2.45, 2.75) is 38.5 Å². The van der Waals surface area contributed by atoms with Crippen LogP contribution >= 0.6 is 0 Å². The molecular formula is C14H20N2O4. The van der Waals surface area contributed by atoms with Gasteiger partial charge in [-0.05, 0) is 19.4 Å². The molecule has 0 aromatic heterocycles. The van der Waals surface area contributed by atoms with E-state index in [4.69, 9.17) is 4.74 Å². The molecule has 0 saturated carbocycles. The molecular weight excluding hydrogens is 260 g/mol. The third-order valence-electron chi connectivity index (χ3n) is 4.02. The zero-order valence-electron chi connectivity index (χ0n) is 11.8. The normalized spacial score (nSPS) is 25.9. The van der Waals surface area contributed by atoms with E-state index in [9.17, 15) is 15.2 Å². The summed E-state index contributed by atoms with van der Waals surface area (Å²) in [4.78, 5) is 10.5. The second-order valence-corrected chi connectivity index (χ2v) is 5.29. The van der Waals surface area contributed by atoms with Crippen LogP contribution in [0.4, 0.5) is 5.69 Å². The molecule has 2 rings (SSSR count). The Hall–Kier alpha value is -1.50. The van der Waals surface area contributed by atoms with Crippen LogP contribution in [0.5, 0.6) is 0 Å². The molecule has 1 aromatic carbocycles. The molecule has 0 aliphatic carbocycles. The molecule has 6 heteroatoms. The average molecular weight is 280 g/mol. The molecule has 1 aliphatic rings. The van der Waals surface area contributed by atoms with Crippen LogP contribution in [-0.4, -0.2) is 34.9 Å². The first-order valence-electron chi connectivity index (χ1n) is 6.71. The molecule has 6 nitrogen and oxygen atoms in total. The van der Waals surface area contributed by atoms with Gasteiger partial charge in [-0.25, -0.2) is 0 Å². The predicted molar refractivity (Wildman–Crippen MR) is 74.5 cm³/mol. The van der Waals surface area contributed by atoms with Crippen LogP contribution in [0.15, 0.2) is 18.2 Å². The molecule has 2 atom stereocenters. The highest BCUT2D eigenvalue weighted by molar-refractivity contribution is 5.44. The van der Waals surface area contributed by atoms with Gasteiger partial charge in [0.25, 0.3) is 5.69 Å². The van der Waals surface area contributed by atoms with E-state index >= 15 is 0 Å². The van der Waals surface area contributed by atoms with Crippen molar-refractivity contribution in [2.75, 3.05) is 13.2 Å². The minimum absolute atomic E-state index is 0.126. The van der Waals surface area contributed by atoms with Crippen LogP contribution in [0.2, 0.25) is 0 Å². The predicted octanol–water partition coefficient (Wildman–Crippen LogP) is 1.53. The molecule has 110 valence electrons. The quantitative estimate of drug-likeness (QED) is 0.631. The van der Waals surface area contributed by atoms with Crippen molar-refractivity contribution in [3.8, 4) is 0 Å². The molecule has 0 spiro atoms. The van der Waals surface area contributed by atoms with Crippen LogP contribution in [0.3, 0.4) is 0 Å². The van der Waals surface area contributed by atoms with Crippen molar-refractivity contribution in [3.63, 3.8) is 0 Å². The lowest BCUT2D eigenvalue weighted by atomic mass is 9.96. The number of nitro groups is 1. The number of hydrogen-bond acceptors (Lipinski definition) is 5. The van der Waals surface area contributed by atoms with Crippen molar-refractivity contribution in [2.24, 2.45) is 0 Å². The van der Waals surface area contributed by atoms with Crippen LogP contribution < -0.4 is 5.32 Å². The molecule has 1 aromatic rings. The highest BCUT2D eigenvalue weighted by atomic mass is 16.6. The van der Waals surface area contributed by atoms with Gasteiger partial charge in [-0.1, -0.05) is 12.1 Å². The molecule has 0 bridgehead atoms. The maximum absolute atomic E-state index is 10.9. The Morgan fingerprint density at radius 3 is 2.95 bits per heavy atom. The fourth-order valence-electron chi connectivity index (χ4n) is 2.48. The Morgan fingerprint density at radius 1 is 1.60 bits per heavy atom. The number of benzene rings is 1. The molecule has 0 amide bonds. The van der Waals surface area contributed by atoms with E-state index in [1.54, 1.807) is 13.0 Å². The number of aliphatic hydroxyl groups is 1. The summed E-state index contributed by atoms with van der Waals surface area (Å²) in [5, 5.41) is 24.4. The zero-order valence-corrected chi connectivity index (χ0v) is 11.8. The van der Waals surface area contributed by atoms with E-state index in [1.165, 1.54) is 6.07 Å². The van der Waals surface area contributed by atoms with Crippen molar-refractivity contribution >= 4 is 5.69 Å². The maximum atomic E-state index is 10.9. The van der Waals surface area contributed by atoms with Gasteiger partial charge in [0, 0.05) is 37.7 Å². The SMILES string of the molecule is Cc1c(CNCC2(O)CCOC2C)cccc1[N+](=O)[O-]. The standard InChI is InChI=1S/C14H20N2O4/c1-10-12(4-3-5-13(10)16(18)19)8-15-9-14(17)6-7-20-11(14)2/h3-5,11,15,17H,6-9H2,1-2H3. The van der Waals surface area contributed by atoms with Crippen LogP contribution in [-0.2, 0) is 11.3 Å². The fourth-order valence-corrected chi connectivity index (χ4v) is 2.48. The fraction of sp³-hybridized carbons (Fsp3) is 0.571. The molecule has 2 N–H and O–H groups in total. The summed E-state index contributed by atoms with van der Waals surface area (Å²) in [5.41, 5.74) is 0.803. The minimum atomic E-state index is -0.853. The van der Waals surface area contributed by atoms with Crippen molar-refractivity contribution in [3.05, 3.63) is 39.4 Å². The zero-order chi connectivity index (χ0) is 14.8. The van der Waals surface area contributed by atoms with E-state index in [1.807, 2.05) is 13.0 Å². The third kappa shape index (κ3) is 2.98. The van der Waals surface area contributed by atoms with Gasteiger partial charge in [-0.3, -0.25) is 10.1 Å². The Morgan fingerprint density at radius 2 is 2.35 bits per heavy atom. The second kappa shape index (κ2) is 5.87. The lowest BCUT2D eigenvalue weighted by Gasteiger charge is -2.26. The van der Waals surface area contributed by atoms with Crippen LogP contribution in [0.25, 0.3) is 0 Å². The van der Waals surface area contributed by atoms with Crippen molar-refractivity contribution in [1.82, 2.24) is 5.32 Å². The third-order valence-corrected chi connectivity index (χ3v) is 4.02. The van der Waals surface area contributed by atoms with Crippen LogP contribution in [0, 0.1) is 17.0 Å². The molecule has 1 fully saturated rings. The Bertz CT molecular complexity index is 506. The second-order valence-electron chi connectivity index (χ2n) is 5.29. The summed E-state index contributed by atoms with van der Waals surface area (Å²) >= 11 is 0. The number of hydrogen-bond donors (Lipinski definition) is 2. The van der Waals surface area contributed by atoms with Crippen molar-refractivity contribution < 1.29 is 14.8 Å². The number of rotatable bonds is 5. The molecule has 0 radical (unpaired) electrons. The van der Waals surface area contributed by atoms with Gasteiger partial charge in [-0.2, -0.15) is 0 Å². The number of nitrogens with one attached hydrogen (secondary N) is 1. The Balaban J connectivity index is 1.98. The average Bonchev–Trinajstić information content (AvgIpc) is 2.71. The summed E-state index contributed by atoms with van der Waals surface area (Å²) in [7, 11) is 0. The lowest BCUT2D eigenvalue weighted by molar-refractivity contribution is -0.385. The van der Waals surface area contributed by atoms with E-state index < -0.39 is 5.60 Å². The highest BCUT2D eigenvalue weighted by Crippen LogP contribution is 2.25. The van der Waals surface area contributed by atoms with Crippen LogP contribution in [0.1, 0.15) is 24.5 Å². The molecule has 20 heavy (non-hydrogen) atoms. The molecule has 1 aliphatic heterocycles. The summed E-state index contributed by atoms with van der Waals surface area (Å²) < 4.78 is 5.37. The highest BCUT2D eigenvalue weighted by Gasteiger charge is 2.38. The smallest absolute Gasteiger partial charge is 0.272 e. The van der Waals surface area contributed by atoms with Gasteiger partial charge < -0.3 is 15.2 Å². The summed E-state index contributed by atoms with van der Waals surface area (Å²) in [5.74, 6) is 0. The summed E-state index contributed by atoms with van der Waals surface area (Å²) in [6.45, 7) is 5.06. The van der Waals surface area contributed by atoms with Gasteiger partial charge in [0.2, 0.25) is 0 Å². The minimum Gasteiger partial charge on any atom is -0.386 e. The van der Waals surface area contributed by atoms with E-state index in [0.717, 1.165) is 5.56 Å². The summed E-state index contributed by atoms with van der Waals surface area (Å²) in [6.07, 6.45) is 0.413. The van der Waals surface area contributed by atoms with Crippen molar-refractivity contribution in [1.29, 1.82) is 0 Å². The Kier molecular flexibility index (Phi) is 4.37. The van der Waals surface area contributed by atoms with Gasteiger partial charge >= 0.3 is 0 Å². The maximum Gasteiger partial charge on any atom is 0.272 e. The van der Waals surface area contributed by atoms with Gasteiger partial charge in [0.05, 0.1) is 11.0 Å². The van der Waals surface area contributed by atoms with Gasteiger partial charge in [0.1, 0.15) is 5.60 Å². The first kappa shape index (κ1) is 14.9. The molecule has 2 unspecified atom stereocenters. The van der Waals surface area contributed by atoms with Gasteiger partial charge in [0.15, 0.2) is 0 Å². The first-order chi connectivity index (χ1) is 9.44. The lowest BCUT2D eigenvalue weighted by Crippen LogP contribution is -2.45. The number of ether oxygens (including phenoxy) is 1. The van der Waals surface area contributed by atoms with E-state index in [-0.39, 0.29) is 16.7 Å². The number of nitrogens with zero attached hydrogens (tertiary/aromatic N) is 1. The molecule has 1 saturated heterocycles. The summed E-state index contributed by atoms with van der Waals surface area (Å²) in [6, 6.07) is 5.03. The largest absolute Gasteiger partial charge is 0.386 e. The van der Waals surface area contributed by atoms with E-state index in [2.05, 4.69) is 5.32 Å². The van der Waals surface area contributed by atoms with Gasteiger partial charge in [-0.15, -0.1) is 0 Å². The topological polar surface area (TPSA) is 84.6 Å². The molecule has 1 heterocycles. The Labute approximate surface area is 117 Å². The number of nitro benzene ring substituents is 1. The van der Waals surface area contributed by atoms with E-state index in [0.29, 0.717) is 31.7 Å². The monoisotopic (exact) mass is 280 g/mol.